The van der Waals surface area contributed by atoms with E-state index in [-0.39, 0.29) is 23.6 Å². The molecule has 0 radical (unpaired) electrons. The number of carbonyl (C=O) groups excluding carboxylic acids is 4. The molecule has 0 spiro atoms. The first-order valence-electron chi connectivity index (χ1n) is 17.6. The van der Waals surface area contributed by atoms with Gasteiger partial charge in [0.25, 0.3) is 11.8 Å². The van der Waals surface area contributed by atoms with Gasteiger partial charge in [-0.3, -0.25) is 19.2 Å². The molecule has 4 aromatic carbocycles. The summed E-state index contributed by atoms with van der Waals surface area (Å²) < 4.78 is 0. The maximum Gasteiger partial charge on any atom is 0.254 e. The zero-order chi connectivity index (χ0) is 35.0. The average molecular weight is 669 g/mol. The minimum atomic E-state index is -0.498. The van der Waals surface area contributed by atoms with Crippen LogP contribution in [0.2, 0.25) is 0 Å². The van der Waals surface area contributed by atoms with E-state index in [0.717, 1.165) is 47.9 Å². The van der Waals surface area contributed by atoms with Crippen molar-refractivity contribution < 1.29 is 19.2 Å². The first kappa shape index (κ1) is 34.4. The van der Waals surface area contributed by atoms with Gasteiger partial charge in [-0.25, -0.2) is 0 Å². The number of hydrogen-bond donors (Lipinski definition) is 2. The molecule has 50 heavy (non-hydrogen) atoms. The second-order valence-electron chi connectivity index (χ2n) is 12.9. The van der Waals surface area contributed by atoms with E-state index in [2.05, 4.69) is 10.6 Å². The van der Waals surface area contributed by atoms with Crippen molar-refractivity contribution in [3.05, 3.63) is 130 Å². The lowest BCUT2D eigenvalue weighted by atomic mass is 10.0. The molecule has 6 rings (SSSR count). The van der Waals surface area contributed by atoms with Gasteiger partial charge in [-0.05, 0) is 97.2 Å². The molecule has 8 nitrogen and oxygen atoms in total. The summed E-state index contributed by atoms with van der Waals surface area (Å²) in [7, 11) is 0. The van der Waals surface area contributed by atoms with E-state index >= 15 is 0 Å². The van der Waals surface area contributed by atoms with Crippen molar-refractivity contribution in [1.82, 2.24) is 9.80 Å². The van der Waals surface area contributed by atoms with Crippen LogP contribution in [0.5, 0.6) is 0 Å². The van der Waals surface area contributed by atoms with Crippen molar-refractivity contribution in [2.24, 2.45) is 0 Å². The Kier molecular flexibility index (Phi) is 10.9. The molecule has 4 aromatic rings. The largest absolute Gasteiger partial charge is 0.327 e. The summed E-state index contributed by atoms with van der Waals surface area (Å²) in [6.45, 7) is 5.20. The molecule has 0 aromatic heterocycles. The van der Waals surface area contributed by atoms with Gasteiger partial charge in [0.1, 0.15) is 12.1 Å². The molecule has 0 unspecified atom stereocenters. The minimum Gasteiger partial charge on any atom is -0.327 e. The number of amides is 4. The standard InChI is InChI=1S/C42H44N4O4/c1-3-31-11-5-7-13-35(31)41(49)45-27-9-15-37(45)39(47)43-33-23-19-29(20-24-33)17-18-30-21-25-34(26-22-30)44-40(48)38-16-10-28-46(38)42(50)36-14-8-6-12-32(36)4-2/h5-8,11-14,17-26,37-38H,3-4,9-10,15-16,27-28H2,1-2H3,(H,43,47)(H,44,48)/b18-17+/t37-,38-/m1/s1. The van der Waals surface area contributed by atoms with Gasteiger partial charge in [0, 0.05) is 35.6 Å². The number of likely N-dealkylation sites (tertiary alicyclic amines) is 2. The first-order valence-corrected chi connectivity index (χ1v) is 17.6. The highest BCUT2D eigenvalue weighted by atomic mass is 16.2. The third kappa shape index (κ3) is 7.70. The first-order chi connectivity index (χ1) is 24.4. The summed E-state index contributed by atoms with van der Waals surface area (Å²) >= 11 is 0. The van der Waals surface area contributed by atoms with Crippen molar-refractivity contribution in [1.29, 1.82) is 0 Å². The summed E-state index contributed by atoms with van der Waals surface area (Å²) in [5, 5.41) is 6.00. The highest BCUT2D eigenvalue weighted by Crippen LogP contribution is 2.26. The summed E-state index contributed by atoms with van der Waals surface area (Å²) in [5.41, 5.74) is 6.60. The summed E-state index contributed by atoms with van der Waals surface area (Å²) in [6.07, 6.45) is 8.36. The third-order valence-electron chi connectivity index (χ3n) is 9.71. The van der Waals surface area contributed by atoms with Gasteiger partial charge in [-0.2, -0.15) is 0 Å². The number of benzene rings is 4. The Morgan fingerprint density at radius 3 is 1.34 bits per heavy atom. The number of rotatable bonds is 10. The number of hydrogen-bond acceptors (Lipinski definition) is 4. The lowest BCUT2D eigenvalue weighted by molar-refractivity contribution is -0.120. The maximum absolute atomic E-state index is 13.4. The molecule has 2 aliphatic heterocycles. The van der Waals surface area contributed by atoms with Crippen molar-refractivity contribution in [3.63, 3.8) is 0 Å². The average Bonchev–Trinajstić information content (AvgIpc) is 3.86. The topological polar surface area (TPSA) is 98.8 Å². The van der Waals surface area contributed by atoms with Gasteiger partial charge in [0.15, 0.2) is 0 Å². The van der Waals surface area contributed by atoms with Gasteiger partial charge < -0.3 is 20.4 Å². The molecule has 2 saturated heterocycles. The molecule has 2 N–H and O–H groups in total. The summed E-state index contributed by atoms with van der Waals surface area (Å²) in [6, 6.07) is 29.4. The van der Waals surface area contributed by atoms with Gasteiger partial charge in [-0.1, -0.05) is 86.7 Å². The van der Waals surface area contributed by atoms with Gasteiger partial charge in [0.2, 0.25) is 11.8 Å². The fraction of sp³-hybridized carbons (Fsp3) is 0.286. The Labute approximate surface area is 294 Å². The van der Waals surface area contributed by atoms with Gasteiger partial charge in [0.05, 0.1) is 0 Å². The number of aryl methyl sites for hydroxylation is 2. The van der Waals surface area contributed by atoms with Gasteiger partial charge in [-0.15, -0.1) is 0 Å². The van der Waals surface area contributed by atoms with Crippen LogP contribution in [0, 0.1) is 0 Å². The van der Waals surface area contributed by atoms with Crippen LogP contribution in [0.25, 0.3) is 12.2 Å². The van der Waals surface area contributed by atoms with E-state index in [1.807, 2.05) is 123 Å². The normalized spacial score (nSPS) is 17.2. The van der Waals surface area contributed by atoms with E-state index in [1.165, 1.54) is 0 Å². The highest BCUT2D eigenvalue weighted by Gasteiger charge is 2.36. The monoisotopic (exact) mass is 668 g/mol. The number of anilines is 2. The van der Waals surface area contributed by atoms with Gasteiger partial charge >= 0.3 is 0 Å². The Bertz CT molecular complexity index is 1750. The Balaban J connectivity index is 1.02. The molecule has 8 heteroatoms. The Hall–Kier alpha value is -5.50. The molecule has 0 aliphatic carbocycles. The molecule has 4 amide bonds. The van der Waals surface area contributed by atoms with E-state index < -0.39 is 12.1 Å². The molecule has 2 heterocycles. The van der Waals surface area contributed by atoms with Crippen LogP contribution in [0.4, 0.5) is 11.4 Å². The Morgan fingerprint density at radius 1 is 0.580 bits per heavy atom. The molecule has 0 bridgehead atoms. The molecule has 256 valence electrons. The fourth-order valence-corrected chi connectivity index (χ4v) is 6.95. The molecule has 2 atom stereocenters. The maximum atomic E-state index is 13.4. The third-order valence-corrected chi connectivity index (χ3v) is 9.71. The summed E-state index contributed by atoms with van der Waals surface area (Å²) in [5.74, 6) is -0.516. The van der Waals surface area contributed by atoms with E-state index in [0.29, 0.717) is 48.4 Å². The lowest BCUT2D eigenvalue weighted by Crippen LogP contribution is -2.43. The number of carbonyl (C=O) groups is 4. The zero-order valence-corrected chi connectivity index (χ0v) is 28.7. The van der Waals surface area contributed by atoms with E-state index in [9.17, 15) is 19.2 Å². The highest BCUT2D eigenvalue weighted by molar-refractivity contribution is 6.03. The van der Waals surface area contributed by atoms with E-state index in [1.54, 1.807) is 9.80 Å². The molecule has 2 aliphatic rings. The van der Waals surface area contributed by atoms with Crippen LogP contribution >= 0.6 is 0 Å². The zero-order valence-electron chi connectivity index (χ0n) is 28.7. The molecule has 2 fully saturated rings. The van der Waals surface area contributed by atoms with Crippen molar-refractivity contribution in [2.75, 3.05) is 23.7 Å². The lowest BCUT2D eigenvalue weighted by Gasteiger charge is -2.25. The van der Waals surface area contributed by atoms with Crippen molar-refractivity contribution in [3.8, 4) is 0 Å². The SMILES string of the molecule is CCc1ccccc1C(=O)N1CCC[C@@H]1C(=O)Nc1ccc(/C=C/c2ccc(NC(=O)[C@H]3CCCN3C(=O)c3ccccc3CC)cc2)cc1. The number of nitrogens with one attached hydrogen (secondary N) is 2. The van der Waals surface area contributed by atoms with Crippen LogP contribution in [0.3, 0.4) is 0 Å². The van der Waals surface area contributed by atoms with Crippen LogP contribution in [0.1, 0.15) is 82.5 Å². The second kappa shape index (κ2) is 15.8. The molecular weight excluding hydrogens is 624 g/mol. The quantitative estimate of drug-likeness (QED) is 0.171. The molecular formula is C42H44N4O4. The molecule has 0 saturated carbocycles. The summed E-state index contributed by atoms with van der Waals surface area (Å²) in [4.78, 5) is 56.6. The predicted molar refractivity (Wildman–Crippen MR) is 199 cm³/mol. The second-order valence-corrected chi connectivity index (χ2v) is 12.9. The smallest absolute Gasteiger partial charge is 0.254 e. The van der Waals surface area contributed by atoms with Crippen LogP contribution in [0.15, 0.2) is 97.1 Å². The van der Waals surface area contributed by atoms with E-state index in [4.69, 9.17) is 0 Å². The fourth-order valence-electron chi connectivity index (χ4n) is 6.95. The van der Waals surface area contributed by atoms with Crippen LogP contribution in [-0.4, -0.2) is 58.6 Å². The van der Waals surface area contributed by atoms with Crippen molar-refractivity contribution >= 4 is 47.2 Å². The van der Waals surface area contributed by atoms with Crippen molar-refractivity contribution in [2.45, 2.75) is 64.5 Å². The number of nitrogens with zero attached hydrogens (tertiary/aromatic N) is 2. The Morgan fingerprint density at radius 2 is 0.960 bits per heavy atom. The predicted octanol–water partition coefficient (Wildman–Crippen LogP) is 7.47. The van der Waals surface area contributed by atoms with Crippen LogP contribution < -0.4 is 10.6 Å². The van der Waals surface area contributed by atoms with Crippen LogP contribution in [-0.2, 0) is 22.4 Å². The minimum absolute atomic E-state index is 0.0859.